The third kappa shape index (κ3) is 2.55. The lowest BCUT2D eigenvalue weighted by molar-refractivity contribution is -0.136. The fourth-order valence-electron chi connectivity index (χ4n) is 1.56. The molecule has 2 rings (SSSR count). The Kier molecular flexibility index (Phi) is 3.32. The van der Waals surface area contributed by atoms with Gasteiger partial charge in [0.05, 0.1) is 11.1 Å². The first-order chi connectivity index (χ1) is 7.91. The number of nitrogens with zero attached hydrogens (tertiary/aromatic N) is 1. The van der Waals surface area contributed by atoms with Gasteiger partial charge in [-0.1, -0.05) is 39.7 Å². The van der Waals surface area contributed by atoms with E-state index in [1.807, 2.05) is 0 Å². The molecule has 0 aliphatic carbocycles. The molecule has 0 fully saturated rings. The molecular weight excluding hydrogens is 318 g/mol. The van der Waals surface area contributed by atoms with Crippen molar-refractivity contribution in [1.82, 2.24) is 4.98 Å². The highest BCUT2D eigenvalue weighted by Crippen LogP contribution is 2.36. The number of fused-ring (bicyclic) bond motifs is 1. The van der Waals surface area contributed by atoms with Gasteiger partial charge in [0.1, 0.15) is 5.15 Å². The van der Waals surface area contributed by atoms with E-state index >= 15 is 0 Å². The molecule has 90 valence electrons. The van der Waals surface area contributed by atoms with Gasteiger partial charge in [-0.2, -0.15) is 13.2 Å². The molecule has 6 heteroatoms. The summed E-state index contributed by atoms with van der Waals surface area (Å²) >= 11 is 8.84. The maximum absolute atomic E-state index is 12.8. The molecule has 0 unspecified atom stereocenters. The van der Waals surface area contributed by atoms with Crippen LogP contribution in [0.15, 0.2) is 24.3 Å². The Morgan fingerprint density at radius 3 is 2.53 bits per heavy atom. The average molecular weight is 325 g/mol. The van der Waals surface area contributed by atoms with Crippen LogP contribution in [0.25, 0.3) is 10.9 Å². The topological polar surface area (TPSA) is 12.9 Å². The van der Waals surface area contributed by atoms with Crippen LogP contribution in [0.4, 0.5) is 13.2 Å². The molecule has 0 spiro atoms. The second-order valence-corrected chi connectivity index (χ2v) is 4.42. The second kappa shape index (κ2) is 4.46. The summed E-state index contributed by atoms with van der Waals surface area (Å²) in [5, 5.41) is 0.460. The van der Waals surface area contributed by atoms with Crippen molar-refractivity contribution in [3.63, 3.8) is 0 Å². The zero-order valence-electron chi connectivity index (χ0n) is 8.35. The van der Waals surface area contributed by atoms with E-state index in [1.165, 1.54) is 6.07 Å². The van der Waals surface area contributed by atoms with Gasteiger partial charge < -0.3 is 0 Å². The van der Waals surface area contributed by atoms with Crippen LogP contribution in [0.2, 0.25) is 5.15 Å². The summed E-state index contributed by atoms with van der Waals surface area (Å²) in [6.45, 7) is 0. The minimum atomic E-state index is -4.43. The lowest BCUT2D eigenvalue weighted by atomic mass is 10.1. The fourth-order valence-corrected chi connectivity index (χ4v) is 2.11. The van der Waals surface area contributed by atoms with E-state index in [2.05, 4.69) is 20.9 Å². The first-order valence-corrected chi connectivity index (χ1v) is 6.14. The average Bonchev–Trinajstić information content (AvgIpc) is 2.25. The number of alkyl halides is 4. The van der Waals surface area contributed by atoms with Gasteiger partial charge in [-0.3, -0.25) is 0 Å². The Labute approximate surface area is 109 Å². The Hall–Kier alpha value is -0.810. The summed E-state index contributed by atoms with van der Waals surface area (Å²) in [5.74, 6) is 0. The van der Waals surface area contributed by atoms with E-state index in [9.17, 15) is 13.2 Å². The molecule has 1 heterocycles. The lowest BCUT2D eigenvalue weighted by Crippen LogP contribution is -2.06. The predicted molar refractivity (Wildman–Crippen MR) is 64.4 cm³/mol. The summed E-state index contributed by atoms with van der Waals surface area (Å²) in [5.41, 5.74) is 0.343. The molecule has 0 aliphatic heterocycles. The largest absolute Gasteiger partial charge is 0.417 e. The summed E-state index contributed by atoms with van der Waals surface area (Å²) in [6, 6.07) is 5.48. The minimum Gasteiger partial charge on any atom is -0.236 e. The van der Waals surface area contributed by atoms with Crippen LogP contribution in [0.3, 0.4) is 0 Å². The van der Waals surface area contributed by atoms with Crippen molar-refractivity contribution in [2.45, 2.75) is 11.5 Å². The van der Waals surface area contributed by atoms with Crippen LogP contribution in [0.1, 0.15) is 11.1 Å². The van der Waals surface area contributed by atoms with E-state index in [0.29, 0.717) is 5.33 Å². The van der Waals surface area contributed by atoms with Crippen molar-refractivity contribution >= 4 is 38.4 Å². The van der Waals surface area contributed by atoms with Crippen LogP contribution in [-0.2, 0) is 11.5 Å². The summed E-state index contributed by atoms with van der Waals surface area (Å²) < 4.78 is 38.4. The first-order valence-electron chi connectivity index (χ1n) is 4.64. The Balaban J connectivity index is 2.77. The fraction of sp³-hybridized carbons (Fsp3) is 0.182. The number of hydrogen-bond acceptors (Lipinski definition) is 1. The van der Waals surface area contributed by atoms with Gasteiger partial charge in [-0.15, -0.1) is 0 Å². The molecule has 0 saturated heterocycles. The Bertz CT molecular complexity index is 568. The molecule has 1 nitrogen and oxygen atoms in total. The number of halogens is 5. The van der Waals surface area contributed by atoms with E-state index in [1.54, 1.807) is 12.1 Å². The van der Waals surface area contributed by atoms with Gasteiger partial charge in [-0.05, 0) is 17.7 Å². The minimum absolute atomic E-state index is 0.0617. The predicted octanol–water partition coefficient (Wildman–Crippen LogP) is 4.80. The normalized spacial score (nSPS) is 12.1. The zero-order valence-corrected chi connectivity index (χ0v) is 10.7. The highest BCUT2D eigenvalue weighted by molar-refractivity contribution is 9.08. The van der Waals surface area contributed by atoms with Crippen molar-refractivity contribution in [3.8, 4) is 0 Å². The first kappa shape index (κ1) is 12.6. The maximum Gasteiger partial charge on any atom is 0.417 e. The molecule has 17 heavy (non-hydrogen) atoms. The molecule has 1 aromatic heterocycles. The number of rotatable bonds is 1. The molecule has 0 atom stereocenters. The Morgan fingerprint density at radius 2 is 1.94 bits per heavy atom. The molecule has 1 aromatic carbocycles. The molecular formula is C11H6BrClF3N. The van der Waals surface area contributed by atoms with Crippen molar-refractivity contribution < 1.29 is 13.2 Å². The van der Waals surface area contributed by atoms with Gasteiger partial charge in [-0.25, -0.2) is 4.98 Å². The van der Waals surface area contributed by atoms with Gasteiger partial charge in [0.25, 0.3) is 0 Å². The van der Waals surface area contributed by atoms with Crippen LogP contribution >= 0.6 is 27.5 Å². The third-order valence-corrected chi connectivity index (χ3v) is 3.14. The molecule has 0 amide bonds. The molecule has 0 aliphatic rings. The van der Waals surface area contributed by atoms with Crippen molar-refractivity contribution in [1.29, 1.82) is 0 Å². The summed E-state index contributed by atoms with van der Waals surface area (Å²) in [4.78, 5) is 3.90. The molecule has 0 radical (unpaired) electrons. The van der Waals surface area contributed by atoms with E-state index in [4.69, 9.17) is 11.6 Å². The van der Waals surface area contributed by atoms with Crippen LogP contribution in [0.5, 0.6) is 0 Å². The highest BCUT2D eigenvalue weighted by atomic mass is 79.9. The van der Waals surface area contributed by atoms with E-state index in [-0.39, 0.29) is 16.1 Å². The van der Waals surface area contributed by atoms with Gasteiger partial charge in [0.15, 0.2) is 0 Å². The maximum atomic E-state index is 12.8. The zero-order chi connectivity index (χ0) is 12.6. The summed E-state index contributed by atoms with van der Waals surface area (Å²) in [7, 11) is 0. The van der Waals surface area contributed by atoms with Crippen molar-refractivity contribution in [2.75, 3.05) is 0 Å². The molecule has 2 aromatic rings. The molecule has 0 N–H and O–H groups in total. The van der Waals surface area contributed by atoms with Gasteiger partial charge >= 0.3 is 6.18 Å². The second-order valence-electron chi connectivity index (χ2n) is 3.48. The number of aromatic nitrogens is 1. The number of benzene rings is 1. The molecule has 0 bridgehead atoms. The third-order valence-electron chi connectivity index (χ3n) is 2.30. The molecule has 0 saturated carbocycles. The monoisotopic (exact) mass is 323 g/mol. The Morgan fingerprint density at radius 1 is 1.24 bits per heavy atom. The number of hydrogen-bond donors (Lipinski definition) is 0. The summed E-state index contributed by atoms with van der Waals surface area (Å²) in [6.07, 6.45) is -4.43. The smallest absolute Gasteiger partial charge is 0.236 e. The van der Waals surface area contributed by atoms with E-state index in [0.717, 1.165) is 11.6 Å². The van der Waals surface area contributed by atoms with Crippen molar-refractivity contribution in [2.24, 2.45) is 0 Å². The quantitative estimate of drug-likeness (QED) is 0.542. The van der Waals surface area contributed by atoms with Crippen LogP contribution in [0, 0.1) is 0 Å². The van der Waals surface area contributed by atoms with Crippen molar-refractivity contribution in [3.05, 3.63) is 40.5 Å². The SMILES string of the molecule is FC(F)(F)c1cc(Cl)nc2cc(CBr)ccc12. The lowest BCUT2D eigenvalue weighted by Gasteiger charge is -2.11. The van der Waals surface area contributed by atoms with Crippen LogP contribution < -0.4 is 0 Å². The van der Waals surface area contributed by atoms with Gasteiger partial charge in [0, 0.05) is 10.7 Å². The van der Waals surface area contributed by atoms with E-state index < -0.39 is 11.7 Å². The van der Waals surface area contributed by atoms with Crippen LogP contribution in [-0.4, -0.2) is 4.98 Å². The number of pyridine rings is 1. The highest BCUT2D eigenvalue weighted by Gasteiger charge is 2.33. The standard InChI is InChI=1S/C11H6BrClF3N/c12-5-6-1-2-7-8(11(14,15)16)4-10(13)17-9(7)3-6/h1-4H,5H2. The van der Waals surface area contributed by atoms with Gasteiger partial charge in [0.2, 0.25) is 0 Å².